The van der Waals surface area contributed by atoms with Crippen molar-refractivity contribution in [2.75, 3.05) is 31.8 Å². The van der Waals surface area contributed by atoms with E-state index in [4.69, 9.17) is 4.74 Å². The fourth-order valence-electron chi connectivity index (χ4n) is 2.64. The first-order valence-electron chi connectivity index (χ1n) is 7.19. The molecule has 2 rings (SSSR count). The Morgan fingerprint density at radius 2 is 2.14 bits per heavy atom. The number of sulfone groups is 1. The van der Waals surface area contributed by atoms with E-state index in [0.717, 1.165) is 4.47 Å². The molecule has 0 aliphatic carbocycles. The van der Waals surface area contributed by atoms with Gasteiger partial charge in [-0.1, -0.05) is 12.1 Å². The van der Waals surface area contributed by atoms with Crippen LogP contribution in [0.2, 0.25) is 0 Å². The molecule has 22 heavy (non-hydrogen) atoms. The minimum absolute atomic E-state index is 0.0518. The molecule has 5 nitrogen and oxygen atoms in total. The van der Waals surface area contributed by atoms with Crippen LogP contribution < -0.4 is 0 Å². The zero-order valence-corrected chi connectivity index (χ0v) is 14.9. The SMILES string of the molecule is COCCCN(C(=O)c1ccccc1Br)C1CCS(=O)(=O)C1. The summed E-state index contributed by atoms with van der Waals surface area (Å²) in [5.41, 5.74) is 0.559. The van der Waals surface area contributed by atoms with Gasteiger partial charge in [-0.15, -0.1) is 0 Å². The molecular formula is C15H20BrNO4S. The molecule has 1 heterocycles. The molecule has 7 heteroatoms. The van der Waals surface area contributed by atoms with E-state index in [1.165, 1.54) is 0 Å². The molecule has 0 radical (unpaired) electrons. The van der Waals surface area contributed by atoms with Crippen LogP contribution in [0.4, 0.5) is 0 Å². The van der Waals surface area contributed by atoms with E-state index in [2.05, 4.69) is 15.9 Å². The van der Waals surface area contributed by atoms with Crippen LogP contribution in [-0.4, -0.2) is 57.0 Å². The van der Waals surface area contributed by atoms with Gasteiger partial charge in [-0.25, -0.2) is 8.42 Å². The quantitative estimate of drug-likeness (QED) is 0.698. The first-order chi connectivity index (χ1) is 10.4. The highest BCUT2D eigenvalue weighted by Crippen LogP contribution is 2.23. The van der Waals surface area contributed by atoms with Crippen LogP contribution in [0.25, 0.3) is 0 Å². The standard InChI is InChI=1S/C15H20BrNO4S/c1-21-9-4-8-17(12-7-10-22(19,20)11-12)15(18)13-5-2-3-6-14(13)16/h2-3,5-6,12H,4,7-11H2,1H3. The number of hydrogen-bond donors (Lipinski definition) is 0. The molecule has 0 bridgehead atoms. The minimum Gasteiger partial charge on any atom is -0.385 e. The number of carbonyl (C=O) groups is 1. The number of halogens is 1. The second kappa shape index (κ2) is 7.57. The Balaban J connectivity index is 2.20. The van der Waals surface area contributed by atoms with Gasteiger partial charge >= 0.3 is 0 Å². The van der Waals surface area contributed by atoms with Crippen molar-refractivity contribution in [1.82, 2.24) is 4.90 Å². The van der Waals surface area contributed by atoms with Gasteiger partial charge in [0, 0.05) is 30.8 Å². The fourth-order valence-corrected chi connectivity index (χ4v) is 4.82. The first kappa shape index (κ1) is 17.4. The highest BCUT2D eigenvalue weighted by atomic mass is 79.9. The Kier molecular flexibility index (Phi) is 6.00. The molecule has 1 saturated heterocycles. The second-order valence-corrected chi connectivity index (χ2v) is 8.46. The fraction of sp³-hybridized carbons (Fsp3) is 0.533. The molecule has 1 fully saturated rings. The van der Waals surface area contributed by atoms with Gasteiger partial charge < -0.3 is 9.64 Å². The molecule has 1 unspecified atom stereocenters. The third kappa shape index (κ3) is 4.30. The molecule has 122 valence electrons. The number of benzene rings is 1. The maximum absolute atomic E-state index is 12.8. The molecule has 1 aromatic carbocycles. The van der Waals surface area contributed by atoms with E-state index in [9.17, 15) is 13.2 Å². The van der Waals surface area contributed by atoms with Gasteiger partial charge in [0.15, 0.2) is 9.84 Å². The second-order valence-electron chi connectivity index (χ2n) is 5.38. The number of nitrogens with zero attached hydrogens (tertiary/aromatic N) is 1. The lowest BCUT2D eigenvalue weighted by atomic mass is 10.1. The van der Waals surface area contributed by atoms with Gasteiger partial charge in [0.05, 0.1) is 17.1 Å². The van der Waals surface area contributed by atoms with Crippen molar-refractivity contribution in [3.8, 4) is 0 Å². The molecule has 1 aliphatic rings. The predicted octanol–water partition coefficient (Wildman–Crippen LogP) is 2.11. The van der Waals surface area contributed by atoms with E-state index in [-0.39, 0.29) is 23.5 Å². The number of ether oxygens (including phenoxy) is 1. The van der Waals surface area contributed by atoms with Crippen molar-refractivity contribution in [2.24, 2.45) is 0 Å². The van der Waals surface area contributed by atoms with Crippen molar-refractivity contribution < 1.29 is 17.9 Å². The zero-order chi connectivity index (χ0) is 16.2. The topological polar surface area (TPSA) is 63.7 Å². The van der Waals surface area contributed by atoms with E-state index in [1.807, 2.05) is 12.1 Å². The molecule has 1 atom stereocenters. The van der Waals surface area contributed by atoms with Crippen molar-refractivity contribution in [3.05, 3.63) is 34.3 Å². The van der Waals surface area contributed by atoms with Crippen LogP contribution in [0, 0.1) is 0 Å². The van der Waals surface area contributed by atoms with E-state index in [1.54, 1.807) is 24.1 Å². The zero-order valence-electron chi connectivity index (χ0n) is 12.5. The molecule has 1 amide bonds. The number of carbonyl (C=O) groups excluding carboxylic acids is 1. The van der Waals surface area contributed by atoms with Crippen molar-refractivity contribution >= 4 is 31.7 Å². The van der Waals surface area contributed by atoms with Crippen LogP contribution in [0.1, 0.15) is 23.2 Å². The summed E-state index contributed by atoms with van der Waals surface area (Å²) in [5.74, 6) is 0.0726. The highest BCUT2D eigenvalue weighted by Gasteiger charge is 2.35. The first-order valence-corrected chi connectivity index (χ1v) is 9.81. The maximum Gasteiger partial charge on any atom is 0.255 e. The Bertz CT molecular complexity index is 632. The summed E-state index contributed by atoms with van der Waals surface area (Å²) in [6, 6.07) is 6.96. The lowest BCUT2D eigenvalue weighted by molar-refractivity contribution is 0.0673. The highest BCUT2D eigenvalue weighted by molar-refractivity contribution is 9.10. The molecule has 0 N–H and O–H groups in total. The normalized spacial score (nSPS) is 20.0. The number of methoxy groups -OCH3 is 1. The number of rotatable bonds is 6. The van der Waals surface area contributed by atoms with Crippen LogP contribution in [0.5, 0.6) is 0 Å². The average Bonchev–Trinajstić information content (AvgIpc) is 2.83. The van der Waals surface area contributed by atoms with Crippen LogP contribution in [0.3, 0.4) is 0 Å². The lowest BCUT2D eigenvalue weighted by Crippen LogP contribution is -2.42. The number of hydrogen-bond acceptors (Lipinski definition) is 4. The summed E-state index contributed by atoms with van der Waals surface area (Å²) in [6.07, 6.45) is 1.19. The Morgan fingerprint density at radius 3 is 2.73 bits per heavy atom. The average molecular weight is 390 g/mol. The largest absolute Gasteiger partial charge is 0.385 e. The molecule has 0 saturated carbocycles. The Morgan fingerprint density at radius 1 is 1.41 bits per heavy atom. The van der Waals surface area contributed by atoms with Gasteiger partial charge in [0.1, 0.15) is 0 Å². The van der Waals surface area contributed by atoms with Crippen LogP contribution in [-0.2, 0) is 14.6 Å². The smallest absolute Gasteiger partial charge is 0.255 e. The van der Waals surface area contributed by atoms with E-state index >= 15 is 0 Å². The monoisotopic (exact) mass is 389 g/mol. The molecule has 0 spiro atoms. The summed E-state index contributed by atoms with van der Waals surface area (Å²) in [5, 5.41) is 0. The molecule has 1 aromatic rings. The molecular weight excluding hydrogens is 370 g/mol. The summed E-state index contributed by atoms with van der Waals surface area (Å²) in [4.78, 5) is 14.5. The number of amides is 1. The van der Waals surface area contributed by atoms with Crippen molar-refractivity contribution in [3.63, 3.8) is 0 Å². The van der Waals surface area contributed by atoms with Crippen molar-refractivity contribution in [1.29, 1.82) is 0 Å². The van der Waals surface area contributed by atoms with Crippen LogP contribution >= 0.6 is 15.9 Å². The van der Waals surface area contributed by atoms with Crippen molar-refractivity contribution in [2.45, 2.75) is 18.9 Å². The van der Waals surface area contributed by atoms with E-state index in [0.29, 0.717) is 31.6 Å². The molecule has 0 aromatic heterocycles. The minimum atomic E-state index is -3.03. The summed E-state index contributed by atoms with van der Waals surface area (Å²) < 4.78 is 29.2. The predicted molar refractivity (Wildman–Crippen MR) is 88.7 cm³/mol. The third-order valence-corrected chi connectivity index (χ3v) is 6.20. The van der Waals surface area contributed by atoms with Gasteiger partial charge in [-0.05, 0) is 40.9 Å². The van der Waals surface area contributed by atoms with Gasteiger partial charge in [-0.2, -0.15) is 0 Å². The van der Waals surface area contributed by atoms with Gasteiger partial charge in [0.25, 0.3) is 5.91 Å². The lowest BCUT2D eigenvalue weighted by Gasteiger charge is -2.28. The third-order valence-electron chi connectivity index (χ3n) is 3.76. The Hall–Kier alpha value is -0.920. The Labute approximate surface area is 139 Å². The van der Waals surface area contributed by atoms with Crippen LogP contribution in [0.15, 0.2) is 28.7 Å². The maximum atomic E-state index is 12.8. The van der Waals surface area contributed by atoms with Gasteiger partial charge in [0.2, 0.25) is 0 Å². The summed E-state index contributed by atoms with van der Waals surface area (Å²) >= 11 is 3.39. The van der Waals surface area contributed by atoms with E-state index < -0.39 is 9.84 Å². The molecule has 1 aliphatic heterocycles. The van der Waals surface area contributed by atoms with Gasteiger partial charge in [-0.3, -0.25) is 4.79 Å². The summed E-state index contributed by atoms with van der Waals surface area (Å²) in [6.45, 7) is 1.04. The summed E-state index contributed by atoms with van der Waals surface area (Å²) in [7, 11) is -1.42.